The summed E-state index contributed by atoms with van der Waals surface area (Å²) in [4.78, 5) is 25.3. The molecule has 0 radical (unpaired) electrons. The van der Waals surface area contributed by atoms with Gasteiger partial charge in [-0.15, -0.1) is 0 Å². The lowest BCUT2D eigenvalue weighted by molar-refractivity contribution is -0.130. The van der Waals surface area contributed by atoms with E-state index in [1.54, 1.807) is 28.9 Å². The average molecular weight is 469 g/mol. The highest BCUT2D eigenvalue weighted by atomic mass is 35.5. The summed E-state index contributed by atoms with van der Waals surface area (Å²) in [5.41, 5.74) is 1.94. The van der Waals surface area contributed by atoms with Crippen molar-refractivity contribution in [3.8, 4) is 17.0 Å². The van der Waals surface area contributed by atoms with Crippen LogP contribution in [0.2, 0.25) is 5.02 Å². The molecular formula is C23H25ClN6O3. The van der Waals surface area contributed by atoms with Crippen LogP contribution in [0, 0.1) is 5.92 Å². The lowest BCUT2D eigenvalue weighted by Gasteiger charge is -2.34. The molecule has 2 heterocycles. The molecule has 1 fully saturated rings. The third-order valence-corrected chi connectivity index (χ3v) is 5.80. The Morgan fingerprint density at radius 3 is 2.58 bits per heavy atom. The zero-order chi connectivity index (χ0) is 23.5. The van der Waals surface area contributed by atoms with Crippen LogP contribution in [0.4, 0.5) is 16.3 Å². The molecule has 3 atom stereocenters. The van der Waals surface area contributed by atoms with Crippen LogP contribution in [0.5, 0.6) is 5.75 Å². The molecule has 0 spiro atoms. The number of benzene rings is 2. The number of anilines is 2. The third kappa shape index (κ3) is 4.94. The summed E-state index contributed by atoms with van der Waals surface area (Å²) < 4.78 is 6.84. The first-order valence-electron chi connectivity index (χ1n) is 10.5. The number of carbonyl (C=O) groups excluding carboxylic acids is 2. The molecule has 3 aromatic rings. The van der Waals surface area contributed by atoms with Gasteiger partial charge in [0.2, 0.25) is 5.91 Å². The smallest absolute Gasteiger partial charge is 0.324 e. The van der Waals surface area contributed by atoms with Crippen molar-refractivity contribution in [1.29, 1.82) is 0 Å². The first kappa shape index (κ1) is 22.6. The van der Waals surface area contributed by atoms with Crippen LogP contribution >= 0.6 is 11.6 Å². The van der Waals surface area contributed by atoms with Gasteiger partial charge in [-0.05, 0) is 25.1 Å². The van der Waals surface area contributed by atoms with Crippen molar-refractivity contribution in [1.82, 2.24) is 20.4 Å². The van der Waals surface area contributed by atoms with Crippen molar-refractivity contribution in [2.75, 3.05) is 17.7 Å². The molecule has 0 saturated carbocycles. The Morgan fingerprint density at radius 2 is 1.88 bits per heavy atom. The summed E-state index contributed by atoms with van der Waals surface area (Å²) in [7, 11) is 1.51. The van der Waals surface area contributed by atoms with Gasteiger partial charge in [-0.3, -0.25) is 15.4 Å². The Labute approximate surface area is 196 Å². The van der Waals surface area contributed by atoms with Crippen molar-refractivity contribution >= 4 is 35.0 Å². The second kappa shape index (κ2) is 9.51. The molecule has 1 aromatic heterocycles. The van der Waals surface area contributed by atoms with Crippen molar-refractivity contribution in [3.05, 3.63) is 59.6 Å². The predicted octanol–water partition coefficient (Wildman–Crippen LogP) is 4.06. The number of rotatable bonds is 5. The molecule has 3 amide bonds. The van der Waals surface area contributed by atoms with Gasteiger partial charge in [0.25, 0.3) is 0 Å². The Balaban J connectivity index is 1.64. The molecular weight excluding hydrogens is 444 g/mol. The second-order valence-corrected chi connectivity index (χ2v) is 8.24. The van der Waals surface area contributed by atoms with Crippen molar-refractivity contribution in [2.24, 2.45) is 5.92 Å². The van der Waals surface area contributed by atoms with Crippen LogP contribution in [0.3, 0.4) is 0 Å². The van der Waals surface area contributed by atoms with E-state index in [2.05, 4.69) is 26.4 Å². The van der Waals surface area contributed by atoms with Crippen molar-refractivity contribution < 1.29 is 14.3 Å². The van der Waals surface area contributed by atoms with E-state index in [4.69, 9.17) is 16.3 Å². The number of carbonyl (C=O) groups is 2. The van der Waals surface area contributed by atoms with Gasteiger partial charge >= 0.3 is 6.03 Å². The topological polar surface area (TPSA) is 109 Å². The number of urea groups is 1. The monoisotopic (exact) mass is 468 g/mol. The molecule has 2 aromatic carbocycles. The third-order valence-electron chi connectivity index (χ3n) is 5.56. The fourth-order valence-corrected chi connectivity index (χ4v) is 3.71. The molecule has 1 aliphatic rings. The van der Waals surface area contributed by atoms with Crippen LogP contribution in [-0.2, 0) is 4.79 Å². The highest BCUT2D eigenvalue weighted by molar-refractivity contribution is 6.31. The molecule has 1 saturated heterocycles. The quantitative estimate of drug-likeness (QED) is 0.451. The van der Waals surface area contributed by atoms with E-state index in [1.807, 2.05) is 44.2 Å². The number of ether oxygens (including phenoxy) is 1. The normalized spacial score (nSPS) is 20.1. The molecule has 4 rings (SSSR count). The van der Waals surface area contributed by atoms with Gasteiger partial charge < -0.3 is 15.4 Å². The number of hydrogen-bond acceptors (Lipinski definition) is 5. The minimum absolute atomic E-state index is 0.0782. The second-order valence-electron chi connectivity index (χ2n) is 7.80. The van der Waals surface area contributed by atoms with Gasteiger partial charge in [0.15, 0.2) is 6.29 Å². The molecule has 0 bridgehead atoms. The van der Waals surface area contributed by atoms with Gasteiger partial charge in [-0.2, -0.15) is 5.10 Å². The Bertz CT molecular complexity index is 1170. The zero-order valence-electron chi connectivity index (χ0n) is 18.4. The van der Waals surface area contributed by atoms with E-state index in [0.717, 1.165) is 5.56 Å². The predicted molar refractivity (Wildman–Crippen MR) is 127 cm³/mol. The Hall–Kier alpha value is -3.56. The van der Waals surface area contributed by atoms with Gasteiger partial charge in [0, 0.05) is 22.7 Å². The van der Waals surface area contributed by atoms with E-state index >= 15 is 0 Å². The fourth-order valence-electron chi connectivity index (χ4n) is 3.54. The van der Waals surface area contributed by atoms with E-state index < -0.39 is 12.3 Å². The molecule has 9 nitrogen and oxygen atoms in total. The largest absolute Gasteiger partial charge is 0.495 e. The minimum atomic E-state index is -0.628. The van der Waals surface area contributed by atoms with Gasteiger partial charge in [-0.1, -0.05) is 48.9 Å². The number of hydrogen-bond donors (Lipinski definition) is 4. The summed E-state index contributed by atoms with van der Waals surface area (Å²) in [6, 6.07) is 15.7. The van der Waals surface area contributed by atoms with Crippen LogP contribution in [0.25, 0.3) is 11.3 Å². The lowest BCUT2D eigenvalue weighted by Crippen LogP contribution is -2.57. The highest BCUT2D eigenvalue weighted by Crippen LogP contribution is 2.29. The summed E-state index contributed by atoms with van der Waals surface area (Å²) in [5, 5.41) is 16.9. The number of nitrogens with one attached hydrogen (secondary N) is 4. The first-order valence-corrected chi connectivity index (χ1v) is 10.9. The fraction of sp³-hybridized carbons (Fsp3) is 0.261. The SMILES string of the molecule is COc1ccc(Cl)cc1NC(=O)Nc1cc(-c2ccccc2)nn1C1NC(=O)C(C)C(C)N1. The highest BCUT2D eigenvalue weighted by Gasteiger charge is 2.32. The van der Waals surface area contributed by atoms with Crippen LogP contribution in [0.15, 0.2) is 54.6 Å². The molecule has 10 heteroatoms. The maximum Gasteiger partial charge on any atom is 0.324 e. The Morgan fingerprint density at radius 1 is 1.12 bits per heavy atom. The van der Waals surface area contributed by atoms with Gasteiger partial charge in [0.1, 0.15) is 11.6 Å². The number of aromatic nitrogens is 2. The van der Waals surface area contributed by atoms with E-state index in [-0.39, 0.29) is 17.9 Å². The maximum absolute atomic E-state index is 12.9. The number of nitrogens with zero attached hydrogens (tertiary/aromatic N) is 2. The first-order chi connectivity index (χ1) is 15.9. The lowest BCUT2D eigenvalue weighted by atomic mass is 10.0. The molecule has 1 aliphatic heterocycles. The summed E-state index contributed by atoms with van der Waals surface area (Å²) >= 11 is 6.06. The molecule has 4 N–H and O–H groups in total. The number of halogens is 1. The van der Waals surface area contributed by atoms with Crippen LogP contribution in [0.1, 0.15) is 20.1 Å². The summed E-state index contributed by atoms with van der Waals surface area (Å²) in [6.07, 6.45) is -0.628. The summed E-state index contributed by atoms with van der Waals surface area (Å²) in [5.74, 6) is 0.575. The van der Waals surface area contributed by atoms with Crippen LogP contribution in [-0.4, -0.2) is 34.9 Å². The molecule has 0 aliphatic carbocycles. The van der Waals surface area contributed by atoms with Crippen LogP contribution < -0.4 is 26.0 Å². The van der Waals surface area contributed by atoms with Crippen molar-refractivity contribution in [3.63, 3.8) is 0 Å². The number of methoxy groups -OCH3 is 1. The molecule has 172 valence electrons. The molecule has 33 heavy (non-hydrogen) atoms. The van der Waals surface area contributed by atoms with E-state index in [9.17, 15) is 9.59 Å². The Kier molecular flexibility index (Phi) is 6.52. The number of amides is 3. The zero-order valence-corrected chi connectivity index (χ0v) is 19.2. The maximum atomic E-state index is 12.9. The summed E-state index contributed by atoms with van der Waals surface area (Å²) in [6.45, 7) is 3.79. The minimum Gasteiger partial charge on any atom is -0.495 e. The van der Waals surface area contributed by atoms with Gasteiger partial charge in [-0.25, -0.2) is 9.48 Å². The average Bonchev–Trinajstić information content (AvgIpc) is 3.21. The molecule has 3 unspecified atom stereocenters. The van der Waals surface area contributed by atoms with Gasteiger partial charge in [0.05, 0.1) is 24.4 Å². The standard InChI is InChI=1S/C23H25ClN6O3/c1-13-14(2)25-22(28-21(13)31)30-20(12-17(29-30)15-7-5-4-6-8-15)27-23(32)26-18-11-16(24)9-10-19(18)33-3/h4-14,22,25H,1-3H3,(H,28,31)(H2,26,27,32). The van der Waals surface area contributed by atoms with Crippen molar-refractivity contribution in [2.45, 2.75) is 26.2 Å². The van der Waals surface area contributed by atoms with E-state index in [1.165, 1.54) is 7.11 Å². The van der Waals surface area contributed by atoms with E-state index in [0.29, 0.717) is 28.0 Å².